The molecular formula is C23H23ClN6O5. The van der Waals surface area contributed by atoms with E-state index in [1.807, 2.05) is 0 Å². The van der Waals surface area contributed by atoms with Crippen LogP contribution in [0.15, 0.2) is 36.4 Å². The van der Waals surface area contributed by atoms with Gasteiger partial charge in [0.15, 0.2) is 0 Å². The number of nitrogens with two attached hydrogens (primary N) is 1. The Morgan fingerprint density at radius 1 is 1.20 bits per heavy atom. The Balaban J connectivity index is 1.35. The van der Waals surface area contributed by atoms with Gasteiger partial charge in [0.2, 0.25) is 17.7 Å². The molecule has 3 amide bonds. The molecule has 1 aromatic carbocycles. The van der Waals surface area contributed by atoms with Gasteiger partial charge in [-0.25, -0.2) is 15.2 Å². The molecule has 5 N–H and O–H groups in total. The minimum Gasteiger partial charge on any atom is -0.478 e. The number of pyridine rings is 1. The van der Waals surface area contributed by atoms with Crippen LogP contribution in [0.25, 0.3) is 0 Å². The van der Waals surface area contributed by atoms with Gasteiger partial charge in [0, 0.05) is 11.6 Å². The Morgan fingerprint density at radius 3 is 2.71 bits per heavy atom. The zero-order valence-corrected chi connectivity index (χ0v) is 19.2. The van der Waals surface area contributed by atoms with Gasteiger partial charge >= 0.3 is 5.97 Å². The number of aromatic nitrogens is 1. The smallest absolute Gasteiger partial charge is 0.335 e. The molecule has 3 heterocycles. The molecular weight excluding hydrogens is 476 g/mol. The van der Waals surface area contributed by atoms with Crippen molar-refractivity contribution in [1.29, 1.82) is 0 Å². The highest BCUT2D eigenvalue weighted by Crippen LogP contribution is 2.43. The molecule has 2 fully saturated rings. The molecule has 1 unspecified atom stereocenters. The summed E-state index contributed by atoms with van der Waals surface area (Å²) in [6, 6.07) is 8.04. The Bertz CT molecular complexity index is 1240. The number of rotatable bonds is 6. The van der Waals surface area contributed by atoms with Gasteiger partial charge in [-0.15, -0.1) is 0 Å². The van der Waals surface area contributed by atoms with Crippen molar-refractivity contribution in [2.45, 2.75) is 37.4 Å². The van der Waals surface area contributed by atoms with Crippen LogP contribution < -0.4 is 21.5 Å². The van der Waals surface area contributed by atoms with E-state index in [1.54, 1.807) is 34.2 Å². The molecule has 1 saturated carbocycles. The maximum Gasteiger partial charge on any atom is 0.335 e. The number of carboxylic acid groups (broad SMARTS) is 1. The molecule has 35 heavy (non-hydrogen) atoms. The Labute approximate surface area is 205 Å². The third-order valence-electron chi connectivity index (χ3n) is 6.84. The van der Waals surface area contributed by atoms with E-state index in [4.69, 9.17) is 17.3 Å². The first kappa shape index (κ1) is 23.1. The minimum absolute atomic E-state index is 0.00880. The molecule has 2 aromatic rings. The number of nitrogens with zero attached hydrogens (tertiary/aromatic N) is 3. The van der Waals surface area contributed by atoms with Gasteiger partial charge in [-0.1, -0.05) is 29.8 Å². The standard InChI is InChI=1S/C23H23ClN6O5/c24-16-8-12(23(34)35)9-17(26-16)27-22(33)20-11-5-6-13(7-11)30(20)18(31)10-29-15-4-2-1-3-14(15)19(28-29)21(25)32/h1-4,8-9,11,13,19-20,28H,5-7,10H2,(H2,25,32)(H,34,35)(H,26,27,33)/t11-,13+,19?,20-/m0/s1. The zero-order valence-electron chi connectivity index (χ0n) is 18.5. The van der Waals surface area contributed by atoms with E-state index in [1.165, 1.54) is 12.1 Å². The van der Waals surface area contributed by atoms with Crippen LogP contribution >= 0.6 is 11.6 Å². The van der Waals surface area contributed by atoms with Crippen molar-refractivity contribution in [2.75, 3.05) is 16.9 Å². The van der Waals surface area contributed by atoms with E-state index < -0.39 is 29.9 Å². The molecule has 1 aliphatic carbocycles. The van der Waals surface area contributed by atoms with E-state index in [9.17, 15) is 24.3 Å². The second-order valence-electron chi connectivity index (χ2n) is 8.94. The third kappa shape index (κ3) is 4.17. The number of likely N-dealkylation sites (tertiary alicyclic amines) is 1. The normalized spacial score (nSPS) is 24.4. The number of hydrazine groups is 1. The summed E-state index contributed by atoms with van der Waals surface area (Å²) in [7, 11) is 0. The molecule has 2 bridgehead atoms. The second-order valence-corrected chi connectivity index (χ2v) is 9.33. The van der Waals surface area contributed by atoms with Crippen molar-refractivity contribution in [3.63, 3.8) is 0 Å². The average molecular weight is 499 g/mol. The monoisotopic (exact) mass is 498 g/mol. The fourth-order valence-electron chi connectivity index (χ4n) is 5.41. The molecule has 11 nitrogen and oxygen atoms in total. The molecule has 4 atom stereocenters. The van der Waals surface area contributed by atoms with E-state index >= 15 is 0 Å². The number of para-hydroxylation sites is 1. The summed E-state index contributed by atoms with van der Waals surface area (Å²) in [4.78, 5) is 55.6. The molecule has 2 aliphatic heterocycles. The maximum absolute atomic E-state index is 13.5. The van der Waals surface area contributed by atoms with Crippen LogP contribution in [0.5, 0.6) is 0 Å². The number of primary amides is 1. The Kier molecular flexibility index (Phi) is 5.81. The fraction of sp³-hybridized carbons (Fsp3) is 0.348. The van der Waals surface area contributed by atoms with E-state index in [2.05, 4.69) is 15.7 Å². The van der Waals surface area contributed by atoms with Gasteiger partial charge in [-0.05, 0) is 43.4 Å². The van der Waals surface area contributed by atoms with E-state index in [0.717, 1.165) is 12.8 Å². The number of hydrogen-bond donors (Lipinski definition) is 4. The molecule has 3 aliphatic rings. The maximum atomic E-state index is 13.5. The molecule has 1 saturated heterocycles. The SMILES string of the molecule is NC(=O)C1NN(CC(=O)N2[C@@H]3CC[C@@H](C3)[C@H]2C(=O)Nc2cc(C(=O)O)cc(Cl)n2)c2ccccc21. The van der Waals surface area contributed by atoms with Crippen LogP contribution in [-0.2, 0) is 14.4 Å². The van der Waals surface area contributed by atoms with Gasteiger partial charge in [0.1, 0.15) is 29.6 Å². The van der Waals surface area contributed by atoms with Crippen LogP contribution in [0, 0.1) is 5.92 Å². The second kappa shape index (κ2) is 8.82. The summed E-state index contributed by atoms with van der Waals surface area (Å²) in [6.07, 6.45) is 2.32. The van der Waals surface area contributed by atoms with Gasteiger partial charge in [-0.3, -0.25) is 19.4 Å². The zero-order chi connectivity index (χ0) is 24.9. The van der Waals surface area contributed by atoms with Gasteiger partial charge in [0.05, 0.1) is 11.3 Å². The lowest BCUT2D eigenvalue weighted by molar-refractivity contribution is -0.139. The van der Waals surface area contributed by atoms with Crippen molar-refractivity contribution in [3.8, 4) is 0 Å². The first-order valence-electron chi connectivity index (χ1n) is 11.2. The number of halogens is 1. The van der Waals surface area contributed by atoms with Crippen molar-refractivity contribution in [1.82, 2.24) is 15.3 Å². The third-order valence-corrected chi connectivity index (χ3v) is 7.03. The number of fused-ring (bicyclic) bond motifs is 3. The predicted octanol–water partition coefficient (Wildman–Crippen LogP) is 1.30. The van der Waals surface area contributed by atoms with Crippen molar-refractivity contribution in [2.24, 2.45) is 11.7 Å². The van der Waals surface area contributed by atoms with Crippen LogP contribution in [0.1, 0.15) is 41.2 Å². The summed E-state index contributed by atoms with van der Waals surface area (Å²) in [5.41, 5.74) is 9.77. The van der Waals surface area contributed by atoms with Crippen LogP contribution in [0.2, 0.25) is 5.15 Å². The van der Waals surface area contributed by atoms with Crippen molar-refractivity contribution >= 4 is 46.8 Å². The first-order chi connectivity index (χ1) is 16.7. The average Bonchev–Trinajstić information content (AvgIpc) is 3.52. The molecule has 12 heteroatoms. The highest BCUT2D eigenvalue weighted by Gasteiger charge is 2.51. The largest absolute Gasteiger partial charge is 0.478 e. The number of nitrogens with one attached hydrogen (secondary N) is 2. The number of carbonyl (C=O) groups is 4. The fourth-order valence-corrected chi connectivity index (χ4v) is 5.61. The summed E-state index contributed by atoms with van der Waals surface area (Å²) in [6.45, 7) is -0.0909. The number of piperidine rings is 1. The van der Waals surface area contributed by atoms with Gasteiger partial charge < -0.3 is 21.1 Å². The number of carboxylic acids is 1. The Morgan fingerprint density at radius 2 is 1.97 bits per heavy atom. The summed E-state index contributed by atoms with van der Waals surface area (Å²) >= 11 is 5.91. The lowest BCUT2D eigenvalue weighted by Crippen LogP contribution is -2.54. The summed E-state index contributed by atoms with van der Waals surface area (Å²) in [5, 5.41) is 13.4. The highest BCUT2D eigenvalue weighted by atomic mass is 35.5. The number of anilines is 2. The highest BCUT2D eigenvalue weighted by molar-refractivity contribution is 6.30. The molecule has 1 aromatic heterocycles. The number of carbonyl (C=O) groups excluding carboxylic acids is 3. The van der Waals surface area contributed by atoms with Crippen molar-refractivity contribution in [3.05, 3.63) is 52.7 Å². The summed E-state index contributed by atoms with van der Waals surface area (Å²) in [5.74, 6) is -2.47. The lowest BCUT2D eigenvalue weighted by Gasteiger charge is -2.35. The lowest BCUT2D eigenvalue weighted by atomic mass is 9.97. The molecule has 182 valence electrons. The first-order valence-corrected chi connectivity index (χ1v) is 11.6. The minimum atomic E-state index is -1.20. The topological polar surface area (TPSA) is 158 Å². The van der Waals surface area contributed by atoms with E-state index in [0.29, 0.717) is 17.7 Å². The summed E-state index contributed by atoms with van der Waals surface area (Å²) < 4.78 is 0. The number of amides is 3. The van der Waals surface area contributed by atoms with Gasteiger partial charge in [0.25, 0.3) is 0 Å². The van der Waals surface area contributed by atoms with Gasteiger partial charge in [-0.2, -0.15) is 0 Å². The molecule has 0 spiro atoms. The Hall–Kier alpha value is -3.70. The predicted molar refractivity (Wildman–Crippen MR) is 125 cm³/mol. The molecule has 0 radical (unpaired) electrons. The van der Waals surface area contributed by atoms with Crippen molar-refractivity contribution < 1.29 is 24.3 Å². The van der Waals surface area contributed by atoms with Crippen LogP contribution in [-0.4, -0.2) is 57.3 Å². The van der Waals surface area contributed by atoms with Crippen LogP contribution in [0.3, 0.4) is 0 Å². The molecule has 5 rings (SSSR count). The van der Waals surface area contributed by atoms with Crippen LogP contribution in [0.4, 0.5) is 11.5 Å². The quantitative estimate of drug-likeness (QED) is 0.434. The number of aromatic carboxylic acids is 1. The number of benzene rings is 1. The van der Waals surface area contributed by atoms with E-state index in [-0.39, 0.29) is 40.9 Å². The number of hydrogen-bond acceptors (Lipinski definition) is 7.